The molecule has 1 aliphatic rings. The quantitative estimate of drug-likeness (QED) is 0.882. The number of rotatable bonds is 4. The lowest BCUT2D eigenvalue weighted by atomic mass is 10.2. The largest absolute Gasteiger partial charge is 0.367 e. The van der Waals surface area contributed by atoms with Gasteiger partial charge in [0, 0.05) is 23.5 Å². The summed E-state index contributed by atoms with van der Waals surface area (Å²) in [6.45, 7) is 4.08. The van der Waals surface area contributed by atoms with Crippen LogP contribution >= 0.6 is 0 Å². The Labute approximate surface area is 126 Å². The molecular formula is C17H22N4. The summed E-state index contributed by atoms with van der Waals surface area (Å²) in [5.74, 6) is 1.58. The van der Waals surface area contributed by atoms with Crippen molar-refractivity contribution in [1.29, 1.82) is 0 Å². The molecule has 0 spiro atoms. The van der Waals surface area contributed by atoms with Crippen LogP contribution in [0.5, 0.6) is 0 Å². The molecule has 1 aliphatic carbocycles. The molecular weight excluding hydrogens is 260 g/mol. The molecule has 1 fully saturated rings. The van der Waals surface area contributed by atoms with E-state index in [2.05, 4.69) is 33.6 Å². The van der Waals surface area contributed by atoms with E-state index < -0.39 is 0 Å². The minimum atomic E-state index is 0.561. The Balaban J connectivity index is 1.79. The Morgan fingerprint density at radius 1 is 1.05 bits per heavy atom. The minimum Gasteiger partial charge on any atom is -0.367 e. The molecule has 0 unspecified atom stereocenters. The number of nitrogens with one attached hydrogen (secondary N) is 2. The predicted molar refractivity (Wildman–Crippen MR) is 87.1 cm³/mol. The van der Waals surface area contributed by atoms with Crippen LogP contribution < -0.4 is 10.6 Å². The van der Waals surface area contributed by atoms with E-state index in [0.29, 0.717) is 12.0 Å². The zero-order valence-electron chi connectivity index (χ0n) is 12.7. The van der Waals surface area contributed by atoms with E-state index in [1.807, 2.05) is 31.2 Å². The first-order chi connectivity index (χ1) is 10.2. The van der Waals surface area contributed by atoms with E-state index in [1.54, 1.807) is 0 Å². The van der Waals surface area contributed by atoms with Gasteiger partial charge in [0.2, 0.25) is 5.95 Å². The van der Waals surface area contributed by atoms with Gasteiger partial charge in [-0.2, -0.15) is 4.98 Å². The average molecular weight is 282 g/mol. The minimum absolute atomic E-state index is 0.561. The van der Waals surface area contributed by atoms with E-state index in [-0.39, 0.29) is 0 Å². The summed E-state index contributed by atoms with van der Waals surface area (Å²) >= 11 is 0. The van der Waals surface area contributed by atoms with Gasteiger partial charge >= 0.3 is 0 Å². The van der Waals surface area contributed by atoms with Crippen molar-refractivity contribution in [2.24, 2.45) is 0 Å². The van der Waals surface area contributed by atoms with Crippen molar-refractivity contribution in [1.82, 2.24) is 9.97 Å². The maximum Gasteiger partial charge on any atom is 0.229 e. The normalized spacial score (nSPS) is 15.1. The Morgan fingerprint density at radius 3 is 2.57 bits per heavy atom. The molecule has 1 aromatic heterocycles. The molecule has 2 N–H and O–H groups in total. The second-order valence-electron chi connectivity index (χ2n) is 5.78. The Morgan fingerprint density at radius 2 is 1.81 bits per heavy atom. The van der Waals surface area contributed by atoms with Crippen LogP contribution in [0.2, 0.25) is 0 Å². The molecule has 3 rings (SSSR count). The van der Waals surface area contributed by atoms with Crippen LogP contribution in [-0.2, 0) is 0 Å². The highest BCUT2D eigenvalue weighted by Crippen LogP contribution is 2.23. The number of nitrogens with zero attached hydrogens (tertiary/aromatic N) is 2. The Bertz CT molecular complexity index is 618. The van der Waals surface area contributed by atoms with Crippen LogP contribution in [0.1, 0.15) is 36.9 Å². The Hall–Kier alpha value is -2.10. The molecule has 0 amide bonds. The van der Waals surface area contributed by atoms with Crippen LogP contribution in [0, 0.1) is 13.8 Å². The Kier molecular flexibility index (Phi) is 4.04. The average Bonchev–Trinajstić information content (AvgIpc) is 2.93. The van der Waals surface area contributed by atoms with Gasteiger partial charge in [0.25, 0.3) is 0 Å². The van der Waals surface area contributed by atoms with Gasteiger partial charge in [0.15, 0.2) is 0 Å². The molecule has 21 heavy (non-hydrogen) atoms. The van der Waals surface area contributed by atoms with Gasteiger partial charge in [-0.15, -0.1) is 0 Å². The zero-order chi connectivity index (χ0) is 14.7. The fourth-order valence-corrected chi connectivity index (χ4v) is 2.81. The summed E-state index contributed by atoms with van der Waals surface area (Å²) < 4.78 is 0. The molecule has 1 saturated carbocycles. The molecule has 0 aliphatic heterocycles. The molecule has 0 saturated heterocycles. The van der Waals surface area contributed by atoms with Gasteiger partial charge in [-0.1, -0.05) is 31.0 Å². The number of aromatic nitrogens is 2. The summed E-state index contributed by atoms with van der Waals surface area (Å²) in [6, 6.07) is 10.8. The maximum absolute atomic E-state index is 4.60. The first kappa shape index (κ1) is 13.9. The molecule has 2 aromatic rings. The summed E-state index contributed by atoms with van der Waals surface area (Å²) in [5.41, 5.74) is 3.21. The first-order valence-corrected chi connectivity index (χ1v) is 7.65. The van der Waals surface area contributed by atoms with Gasteiger partial charge in [-0.05, 0) is 38.3 Å². The highest BCUT2D eigenvalue weighted by Gasteiger charge is 2.15. The molecule has 0 radical (unpaired) electrons. The lowest BCUT2D eigenvalue weighted by Gasteiger charge is -2.15. The third-order valence-corrected chi connectivity index (χ3v) is 3.95. The van der Waals surface area contributed by atoms with Crippen LogP contribution in [0.3, 0.4) is 0 Å². The van der Waals surface area contributed by atoms with Gasteiger partial charge < -0.3 is 10.6 Å². The summed E-state index contributed by atoms with van der Waals surface area (Å²) in [6.07, 6.45) is 5.11. The van der Waals surface area contributed by atoms with Crippen LogP contribution in [0.25, 0.3) is 0 Å². The van der Waals surface area contributed by atoms with Crippen LogP contribution in [-0.4, -0.2) is 16.0 Å². The zero-order valence-corrected chi connectivity index (χ0v) is 12.7. The third kappa shape index (κ3) is 3.51. The second kappa shape index (κ2) is 6.12. The molecule has 0 bridgehead atoms. The van der Waals surface area contributed by atoms with Gasteiger partial charge in [0.1, 0.15) is 5.82 Å². The van der Waals surface area contributed by atoms with E-state index >= 15 is 0 Å². The van der Waals surface area contributed by atoms with E-state index in [0.717, 1.165) is 17.2 Å². The summed E-state index contributed by atoms with van der Waals surface area (Å²) in [5, 5.41) is 6.85. The van der Waals surface area contributed by atoms with Gasteiger partial charge in [-0.3, -0.25) is 0 Å². The lowest BCUT2D eigenvalue weighted by Crippen LogP contribution is -2.16. The van der Waals surface area contributed by atoms with E-state index in [9.17, 15) is 0 Å². The standard InChI is InChI=1S/C17H22N4/c1-12-7-3-6-10-15(12)20-17-18-13(2)11-16(21-17)19-14-8-4-5-9-14/h3,6-7,10-11,14H,4-5,8-9H2,1-2H3,(H2,18,19,20,21). The van der Waals surface area contributed by atoms with Crippen molar-refractivity contribution >= 4 is 17.5 Å². The molecule has 0 atom stereocenters. The number of hydrogen-bond acceptors (Lipinski definition) is 4. The van der Waals surface area contributed by atoms with Crippen molar-refractivity contribution in [3.63, 3.8) is 0 Å². The SMILES string of the molecule is Cc1cc(NC2CCCC2)nc(Nc2ccccc2C)n1. The highest BCUT2D eigenvalue weighted by atomic mass is 15.1. The number of para-hydroxylation sites is 1. The maximum atomic E-state index is 4.60. The summed E-state index contributed by atoms with van der Waals surface area (Å²) in [4.78, 5) is 9.08. The monoisotopic (exact) mass is 282 g/mol. The first-order valence-electron chi connectivity index (χ1n) is 7.65. The van der Waals surface area contributed by atoms with Crippen molar-refractivity contribution in [3.8, 4) is 0 Å². The topological polar surface area (TPSA) is 49.8 Å². The van der Waals surface area contributed by atoms with Crippen molar-refractivity contribution in [3.05, 3.63) is 41.6 Å². The molecule has 110 valence electrons. The van der Waals surface area contributed by atoms with Crippen molar-refractivity contribution in [2.45, 2.75) is 45.6 Å². The fraction of sp³-hybridized carbons (Fsp3) is 0.412. The third-order valence-electron chi connectivity index (χ3n) is 3.95. The smallest absolute Gasteiger partial charge is 0.229 e. The van der Waals surface area contributed by atoms with Gasteiger partial charge in [-0.25, -0.2) is 4.98 Å². The van der Waals surface area contributed by atoms with E-state index in [1.165, 1.54) is 31.2 Å². The predicted octanol–water partition coefficient (Wildman–Crippen LogP) is 4.19. The number of benzene rings is 1. The molecule has 4 nitrogen and oxygen atoms in total. The number of anilines is 3. The summed E-state index contributed by atoms with van der Waals surface area (Å²) in [7, 11) is 0. The molecule has 4 heteroatoms. The van der Waals surface area contributed by atoms with Gasteiger partial charge in [0.05, 0.1) is 0 Å². The van der Waals surface area contributed by atoms with Crippen LogP contribution in [0.15, 0.2) is 30.3 Å². The van der Waals surface area contributed by atoms with Crippen molar-refractivity contribution in [2.75, 3.05) is 10.6 Å². The molecule has 1 heterocycles. The van der Waals surface area contributed by atoms with Crippen LogP contribution in [0.4, 0.5) is 17.5 Å². The fourth-order valence-electron chi connectivity index (χ4n) is 2.81. The number of hydrogen-bond donors (Lipinski definition) is 2. The number of aryl methyl sites for hydroxylation is 2. The lowest BCUT2D eigenvalue weighted by molar-refractivity contribution is 0.749. The second-order valence-corrected chi connectivity index (χ2v) is 5.78. The van der Waals surface area contributed by atoms with E-state index in [4.69, 9.17) is 0 Å². The van der Waals surface area contributed by atoms with Crippen molar-refractivity contribution < 1.29 is 0 Å². The molecule has 1 aromatic carbocycles. The highest BCUT2D eigenvalue weighted by molar-refractivity contribution is 5.59.